The molecule has 1 fully saturated rings. The minimum Gasteiger partial charge on any atom is -0.463 e. The van der Waals surface area contributed by atoms with Crippen LogP contribution in [0.2, 0.25) is 0 Å². The highest BCUT2D eigenvalue weighted by Gasteiger charge is 2.45. The van der Waals surface area contributed by atoms with Crippen LogP contribution in [0.1, 0.15) is 168 Å². The molecule has 3 N–H and O–H groups in total. The van der Waals surface area contributed by atoms with Crippen LogP contribution in [-0.2, 0) is 38.1 Å². The van der Waals surface area contributed by atoms with E-state index >= 15 is 0 Å². The lowest BCUT2D eigenvalue weighted by Gasteiger charge is -2.40. The van der Waals surface area contributed by atoms with Crippen LogP contribution in [0.3, 0.4) is 0 Å². The number of aliphatic hydroxyl groups is 3. The van der Waals surface area contributed by atoms with Crippen LogP contribution >= 0.6 is 0 Å². The van der Waals surface area contributed by atoms with E-state index in [1.807, 2.05) is 0 Å². The smallest absolute Gasteiger partial charge is 0.306 e. The fourth-order valence-corrected chi connectivity index (χ4v) is 7.01. The highest BCUT2D eigenvalue weighted by Crippen LogP contribution is 2.37. The Morgan fingerprint density at radius 3 is 1.65 bits per heavy atom. The number of allylic oxidation sites excluding steroid dienone is 12. The molecule has 6 atom stereocenters. The second-order valence-electron chi connectivity index (χ2n) is 16.9. The van der Waals surface area contributed by atoms with E-state index in [2.05, 4.69) is 103 Å². The van der Waals surface area contributed by atoms with Gasteiger partial charge in [0.2, 0.25) is 0 Å². The van der Waals surface area contributed by atoms with E-state index in [1.165, 1.54) is 0 Å². The Morgan fingerprint density at radius 2 is 1.11 bits per heavy atom. The Labute approximate surface area is 395 Å². The maximum Gasteiger partial charge on any atom is 0.306 e. The fraction of sp³-hybridized carbons (Fsp3) is 0.679. The largest absolute Gasteiger partial charge is 0.463 e. The number of esters is 3. The first-order valence-corrected chi connectivity index (χ1v) is 24.7. The first kappa shape index (κ1) is 57.9. The van der Waals surface area contributed by atoms with Crippen molar-refractivity contribution < 1.29 is 53.4 Å². The van der Waals surface area contributed by atoms with Crippen molar-refractivity contribution in [3.63, 3.8) is 0 Å². The van der Waals surface area contributed by atoms with Gasteiger partial charge >= 0.3 is 17.9 Å². The topological polar surface area (TPSA) is 183 Å². The summed E-state index contributed by atoms with van der Waals surface area (Å²) in [5.41, 5.74) is -0.664. The number of nitrogens with zero attached hydrogens (tertiary/aromatic N) is 2. The first-order chi connectivity index (χ1) is 32.1. The van der Waals surface area contributed by atoms with Crippen molar-refractivity contribution in [3.05, 3.63) is 72.9 Å². The van der Waals surface area contributed by atoms with Gasteiger partial charge in [-0.3, -0.25) is 14.4 Å². The first-order valence-electron chi connectivity index (χ1n) is 24.7. The molecule has 0 radical (unpaired) electrons. The molecule has 0 bridgehead atoms. The van der Waals surface area contributed by atoms with Crippen LogP contribution in [0.25, 0.3) is 0 Å². The van der Waals surface area contributed by atoms with Gasteiger partial charge < -0.3 is 39.0 Å². The Kier molecular flexibility index (Phi) is 33.2. The molecule has 1 saturated heterocycles. The Balaban J connectivity index is 1.81. The molecule has 370 valence electrons. The van der Waals surface area contributed by atoms with Crippen LogP contribution in [0.15, 0.2) is 83.1 Å². The zero-order chi connectivity index (χ0) is 47.9. The number of hydrogen-bond acceptors (Lipinski definition) is 13. The molecule has 0 aliphatic carbocycles. The van der Waals surface area contributed by atoms with Crippen molar-refractivity contribution >= 4 is 17.9 Å². The Hall–Kier alpha value is -4.19. The number of aliphatic hydroxyl groups excluding tert-OH is 3. The number of unbranched alkanes of at least 4 members (excludes halogenated alkanes) is 10. The summed E-state index contributed by atoms with van der Waals surface area (Å²) < 4.78 is 28.1. The summed E-state index contributed by atoms with van der Waals surface area (Å²) in [6.45, 7) is 3.21. The highest BCUT2D eigenvalue weighted by atomic mass is 16.7. The number of ether oxygens (including phenoxy) is 5. The van der Waals surface area contributed by atoms with E-state index in [4.69, 9.17) is 30.1 Å². The minimum absolute atomic E-state index is 0.000759. The summed E-state index contributed by atoms with van der Waals surface area (Å²) in [5.74, 6) is 1.04. The number of carbonyl (C=O) groups excluding carboxylic acids is 3. The third kappa shape index (κ3) is 28.8. The van der Waals surface area contributed by atoms with Crippen molar-refractivity contribution in [2.45, 2.75) is 210 Å². The predicted octanol–water partition coefficient (Wildman–Crippen LogP) is 10.3. The molecule has 0 aromatic rings. The van der Waals surface area contributed by atoms with Crippen LogP contribution in [-0.4, -0.2) is 95.5 Å². The van der Waals surface area contributed by atoms with Gasteiger partial charge in [0.15, 0.2) is 18.1 Å². The molecule has 0 spiro atoms. The van der Waals surface area contributed by atoms with Gasteiger partial charge in [-0.25, -0.2) is 0 Å². The van der Waals surface area contributed by atoms with E-state index < -0.39 is 67.0 Å². The average Bonchev–Trinajstić information content (AvgIpc) is 4.10. The number of hydrogen-bond donors (Lipinski definition) is 3. The zero-order valence-corrected chi connectivity index (χ0v) is 40.1. The molecule has 2 rings (SSSR count). The molecule has 13 heteroatoms. The average molecular weight is 923 g/mol. The van der Waals surface area contributed by atoms with Gasteiger partial charge in [-0.2, -0.15) is 10.2 Å². The van der Waals surface area contributed by atoms with E-state index in [9.17, 15) is 29.7 Å². The van der Waals surface area contributed by atoms with Gasteiger partial charge in [-0.1, -0.05) is 125 Å². The molecule has 2 heterocycles. The lowest BCUT2D eigenvalue weighted by atomic mass is 9.99. The third-order valence-corrected chi connectivity index (χ3v) is 11.1. The van der Waals surface area contributed by atoms with E-state index in [1.54, 1.807) is 0 Å². The van der Waals surface area contributed by atoms with Crippen LogP contribution in [0.4, 0.5) is 0 Å². The molecule has 0 amide bonds. The Morgan fingerprint density at radius 1 is 0.606 bits per heavy atom. The molecular weight excluding hydrogens is 841 g/mol. The Bertz CT molecular complexity index is 1570. The van der Waals surface area contributed by atoms with E-state index in [0.29, 0.717) is 32.1 Å². The maximum atomic E-state index is 13.0. The summed E-state index contributed by atoms with van der Waals surface area (Å²) in [6, 6.07) is 0. The van der Waals surface area contributed by atoms with E-state index in [-0.39, 0.29) is 32.5 Å². The van der Waals surface area contributed by atoms with Gasteiger partial charge in [0.1, 0.15) is 37.6 Å². The molecule has 2 aliphatic rings. The van der Waals surface area contributed by atoms with Gasteiger partial charge in [-0.05, 0) is 77.0 Å². The number of terminal acetylenes is 1. The number of rotatable bonds is 39. The SMILES string of the molecule is C#CCCC1(CCC(=O)OC[C@H]2O[C@@H](OC[C@@H](COC(=O)CCCCCCC/C=C\C/C=C\C/C=C\CC)OC(=O)CCCCCCC/C=C\C/C=C\C/C=C\CC)[C@H](O)[C@@H](O)[C@H]2O)N=N1. The maximum absolute atomic E-state index is 13.0. The molecule has 0 unspecified atom stereocenters. The number of carbonyl (C=O) groups is 3. The summed E-state index contributed by atoms with van der Waals surface area (Å²) in [4.78, 5) is 38.2. The van der Waals surface area contributed by atoms with Gasteiger partial charge in [0, 0.05) is 38.5 Å². The molecular formula is C53H82N2O11. The lowest BCUT2D eigenvalue weighted by molar-refractivity contribution is -0.305. The molecule has 2 aliphatic heterocycles. The second kappa shape index (κ2) is 37.9. The van der Waals surface area contributed by atoms with Crippen molar-refractivity contribution in [1.82, 2.24) is 0 Å². The fourth-order valence-electron chi connectivity index (χ4n) is 7.01. The predicted molar refractivity (Wildman–Crippen MR) is 258 cm³/mol. The molecule has 0 aromatic carbocycles. The summed E-state index contributed by atoms with van der Waals surface area (Å²) in [6.07, 6.45) is 41.9. The van der Waals surface area contributed by atoms with Crippen molar-refractivity contribution in [2.24, 2.45) is 10.2 Å². The van der Waals surface area contributed by atoms with E-state index in [0.717, 1.165) is 103 Å². The molecule has 13 nitrogen and oxygen atoms in total. The standard InChI is InChI=1S/C53H82N2O11/c1-4-7-10-12-14-16-18-20-22-24-26-28-30-32-34-36-46(56)62-41-44(65-48(58)37-35-33-31-29-27-25-23-21-19-17-15-13-11-8-5-2)42-64-52-51(61)50(60)49(59)45(66-52)43-63-47(57)38-40-53(54-55-53)39-9-6-3/h3,7-8,10-11,14-17,20-23,44-45,49-52,59-61H,4-5,9,12-13,18-19,24-43H2,1-2H3/b10-7-,11-8-,16-14-,17-15-,22-20-,23-21-/t44-,45-,49+,50+,51-,52-/m1/s1. The summed E-state index contributed by atoms with van der Waals surface area (Å²) in [5, 5.41) is 40.0. The third-order valence-electron chi connectivity index (χ3n) is 11.1. The normalized spacial score (nSPS) is 20.9. The minimum atomic E-state index is -1.69. The molecule has 66 heavy (non-hydrogen) atoms. The summed E-state index contributed by atoms with van der Waals surface area (Å²) >= 11 is 0. The second-order valence-corrected chi connectivity index (χ2v) is 16.9. The van der Waals surface area contributed by atoms with Crippen LogP contribution in [0.5, 0.6) is 0 Å². The van der Waals surface area contributed by atoms with Gasteiger partial charge in [-0.15, -0.1) is 12.3 Å². The molecule has 0 aromatic heterocycles. The quantitative estimate of drug-likeness (QED) is 0.0175. The zero-order valence-electron chi connectivity index (χ0n) is 40.1. The highest BCUT2D eigenvalue weighted by molar-refractivity contribution is 5.70. The van der Waals surface area contributed by atoms with Crippen LogP contribution in [0, 0.1) is 12.3 Å². The van der Waals surface area contributed by atoms with Crippen molar-refractivity contribution in [2.75, 3.05) is 19.8 Å². The molecule has 0 saturated carbocycles. The lowest BCUT2D eigenvalue weighted by Crippen LogP contribution is -2.59. The van der Waals surface area contributed by atoms with Gasteiger partial charge in [0.05, 0.1) is 6.61 Å². The monoisotopic (exact) mass is 923 g/mol. The summed E-state index contributed by atoms with van der Waals surface area (Å²) in [7, 11) is 0. The van der Waals surface area contributed by atoms with Crippen LogP contribution < -0.4 is 0 Å². The van der Waals surface area contributed by atoms with Crippen molar-refractivity contribution in [1.29, 1.82) is 0 Å². The van der Waals surface area contributed by atoms with Gasteiger partial charge in [0.25, 0.3) is 0 Å². The van der Waals surface area contributed by atoms with Crippen molar-refractivity contribution in [3.8, 4) is 12.3 Å².